The van der Waals surface area contributed by atoms with E-state index in [1.165, 1.54) is 13.3 Å². The highest BCUT2D eigenvalue weighted by atomic mass is 32.2. The number of nitrogens with one attached hydrogen (secondary N) is 2. The Bertz CT molecular complexity index is 866. The highest BCUT2D eigenvalue weighted by Gasteiger charge is 2.40. The molecule has 0 unspecified atom stereocenters. The summed E-state index contributed by atoms with van der Waals surface area (Å²) >= 11 is 0. The highest BCUT2D eigenvalue weighted by Crippen LogP contribution is 2.29. The number of furan rings is 1. The largest absolute Gasteiger partial charge is 0.497 e. The third kappa shape index (κ3) is 3.90. The van der Waals surface area contributed by atoms with Gasteiger partial charge in [-0.2, -0.15) is 17.4 Å². The third-order valence-electron chi connectivity index (χ3n) is 4.38. The zero-order chi connectivity index (χ0) is 18.7. The van der Waals surface area contributed by atoms with Gasteiger partial charge in [0.15, 0.2) is 0 Å². The van der Waals surface area contributed by atoms with Crippen LogP contribution in [0.15, 0.2) is 47.1 Å². The fraction of sp³-hybridized carbons (Fsp3) is 0.353. The summed E-state index contributed by atoms with van der Waals surface area (Å²) < 4.78 is 38.9. The van der Waals surface area contributed by atoms with Crippen LogP contribution in [-0.2, 0) is 21.5 Å². The van der Waals surface area contributed by atoms with Crippen LogP contribution in [-0.4, -0.2) is 38.8 Å². The molecule has 26 heavy (non-hydrogen) atoms. The van der Waals surface area contributed by atoms with E-state index >= 15 is 0 Å². The minimum absolute atomic E-state index is 0.202. The van der Waals surface area contributed by atoms with Crippen molar-refractivity contribution < 1.29 is 22.4 Å². The quantitative estimate of drug-likeness (QED) is 0.813. The maximum atomic E-state index is 12.6. The van der Waals surface area contributed by atoms with Crippen LogP contribution in [0.25, 0.3) is 0 Å². The molecule has 0 saturated carbocycles. The predicted octanol–water partition coefficient (Wildman–Crippen LogP) is 1.18. The van der Waals surface area contributed by atoms with Crippen molar-refractivity contribution >= 4 is 16.1 Å². The summed E-state index contributed by atoms with van der Waals surface area (Å²) in [6, 6.07) is 9.24. The van der Waals surface area contributed by atoms with Crippen LogP contribution in [0.5, 0.6) is 5.75 Å². The van der Waals surface area contributed by atoms with Gasteiger partial charge in [0.05, 0.1) is 26.0 Å². The van der Waals surface area contributed by atoms with Gasteiger partial charge in [0.25, 0.3) is 10.2 Å². The molecule has 1 aliphatic heterocycles. The zero-order valence-corrected chi connectivity index (χ0v) is 15.3. The fourth-order valence-corrected chi connectivity index (χ4v) is 4.16. The lowest BCUT2D eigenvalue weighted by molar-refractivity contribution is -0.125. The average molecular weight is 379 g/mol. The molecule has 140 valence electrons. The second-order valence-electron chi connectivity index (χ2n) is 6.02. The van der Waals surface area contributed by atoms with E-state index in [0.29, 0.717) is 17.9 Å². The lowest BCUT2D eigenvalue weighted by Crippen LogP contribution is -2.57. The lowest BCUT2D eigenvalue weighted by Gasteiger charge is -2.36. The molecule has 2 atom stereocenters. The van der Waals surface area contributed by atoms with Gasteiger partial charge in [0, 0.05) is 7.05 Å². The Labute approximate surface area is 152 Å². The lowest BCUT2D eigenvalue weighted by atomic mass is 9.99. The molecule has 0 spiro atoms. The molecular weight excluding hydrogens is 358 g/mol. The van der Waals surface area contributed by atoms with Gasteiger partial charge in [-0.3, -0.25) is 4.79 Å². The van der Waals surface area contributed by atoms with E-state index in [1.54, 1.807) is 43.5 Å². The molecule has 1 fully saturated rings. The molecule has 0 bridgehead atoms. The first kappa shape index (κ1) is 18.4. The molecule has 1 aliphatic rings. The van der Waals surface area contributed by atoms with Gasteiger partial charge in [-0.05, 0) is 36.2 Å². The van der Waals surface area contributed by atoms with Crippen molar-refractivity contribution in [2.24, 2.45) is 0 Å². The number of hydrogen-bond acceptors (Lipinski definition) is 5. The normalized spacial score (nSPS) is 22.7. The molecule has 1 aromatic carbocycles. The van der Waals surface area contributed by atoms with Crippen LogP contribution in [0.3, 0.4) is 0 Å². The standard InChI is InChI=1S/C17H21N3O5S/c1-20-16(17(21)18-11-14-7-4-8-25-14)10-15(19-26(20,22)23)12-5-3-6-13(9-12)24-2/h3-9,15-16,19H,10-11H2,1-2H3,(H,18,21)/t15-,16+/m0/s1. The van der Waals surface area contributed by atoms with Gasteiger partial charge >= 0.3 is 0 Å². The van der Waals surface area contributed by atoms with Crippen molar-refractivity contribution in [3.8, 4) is 5.75 Å². The Morgan fingerprint density at radius 2 is 2.19 bits per heavy atom. The van der Waals surface area contributed by atoms with Crippen molar-refractivity contribution in [3.63, 3.8) is 0 Å². The zero-order valence-electron chi connectivity index (χ0n) is 14.5. The number of hydrogen-bond donors (Lipinski definition) is 2. The Balaban J connectivity index is 1.78. The maximum Gasteiger partial charge on any atom is 0.280 e. The molecule has 0 radical (unpaired) electrons. The van der Waals surface area contributed by atoms with E-state index < -0.39 is 22.3 Å². The number of nitrogens with zero attached hydrogens (tertiary/aromatic N) is 1. The summed E-state index contributed by atoms with van der Waals surface area (Å²) in [5, 5.41) is 2.73. The SMILES string of the molecule is COc1cccc([C@@H]2C[C@H](C(=O)NCc3ccco3)N(C)S(=O)(=O)N2)c1. The van der Waals surface area contributed by atoms with Crippen LogP contribution in [0, 0.1) is 0 Å². The van der Waals surface area contributed by atoms with Gasteiger partial charge in [-0.15, -0.1) is 0 Å². The van der Waals surface area contributed by atoms with Crippen LogP contribution < -0.4 is 14.8 Å². The summed E-state index contributed by atoms with van der Waals surface area (Å²) in [5.74, 6) is 0.850. The highest BCUT2D eigenvalue weighted by molar-refractivity contribution is 7.87. The number of benzene rings is 1. The smallest absolute Gasteiger partial charge is 0.280 e. The summed E-state index contributed by atoms with van der Waals surface area (Å²) in [4.78, 5) is 12.6. The first-order chi connectivity index (χ1) is 12.4. The Morgan fingerprint density at radius 1 is 1.38 bits per heavy atom. The third-order valence-corrected chi connectivity index (χ3v) is 5.98. The molecule has 3 rings (SSSR count). The Morgan fingerprint density at radius 3 is 2.88 bits per heavy atom. The number of carbonyl (C=O) groups excluding carboxylic acids is 1. The van der Waals surface area contributed by atoms with Gasteiger partial charge in [0.1, 0.15) is 17.6 Å². The second-order valence-corrected chi connectivity index (χ2v) is 7.78. The van der Waals surface area contributed by atoms with Crippen molar-refractivity contribution in [2.45, 2.75) is 25.0 Å². The van der Waals surface area contributed by atoms with E-state index in [0.717, 1.165) is 9.87 Å². The summed E-state index contributed by atoms with van der Waals surface area (Å²) in [5.41, 5.74) is 0.741. The summed E-state index contributed by atoms with van der Waals surface area (Å²) in [7, 11) is -0.852. The van der Waals surface area contributed by atoms with Crippen LogP contribution in [0.4, 0.5) is 0 Å². The topological polar surface area (TPSA) is 101 Å². The molecular formula is C17H21N3O5S. The van der Waals surface area contributed by atoms with E-state index in [-0.39, 0.29) is 12.5 Å². The minimum Gasteiger partial charge on any atom is -0.497 e. The first-order valence-corrected chi connectivity index (χ1v) is 9.54. The molecule has 2 heterocycles. The summed E-state index contributed by atoms with van der Waals surface area (Å²) in [6.45, 7) is 0.202. The number of likely N-dealkylation sites (N-methyl/N-ethyl adjacent to an activating group) is 1. The number of ether oxygens (including phenoxy) is 1. The van der Waals surface area contributed by atoms with E-state index in [4.69, 9.17) is 9.15 Å². The van der Waals surface area contributed by atoms with E-state index in [2.05, 4.69) is 10.0 Å². The van der Waals surface area contributed by atoms with Gasteiger partial charge in [0.2, 0.25) is 5.91 Å². The second kappa shape index (κ2) is 7.48. The monoisotopic (exact) mass is 379 g/mol. The predicted molar refractivity (Wildman–Crippen MR) is 94.5 cm³/mol. The molecule has 1 aromatic heterocycles. The van der Waals surface area contributed by atoms with Crippen LogP contribution in [0.1, 0.15) is 23.8 Å². The van der Waals surface area contributed by atoms with Crippen molar-refractivity contribution in [2.75, 3.05) is 14.2 Å². The number of carbonyl (C=O) groups is 1. The van der Waals surface area contributed by atoms with E-state index in [9.17, 15) is 13.2 Å². The van der Waals surface area contributed by atoms with Crippen LogP contribution >= 0.6 is 0 Å². The van der Waals surface area contributed by atoms with Crippen LogP contribution in [0.2, 0.25) is 0 Å². The molecule has 8 nitrogen and oxygen atoms in total. The Kier molecular flexibility index (Phi) is 5.30. The number of rotatable bonds is 5. The molecule has 2 N–H and O–H groups in total. The van der Waals surface area contributed by atoms with E-state index in [1.807, 2.05) is 0 Å². The maximum absolute atomic E-state index is 12.6. The van der Waals surface area contributed by atoms with Gasteiger partial charge in [-0.1, -0.05) is 12.1 Å². The average Bonchev–Trinajstić information content (AvgIpc) is 3.15. The fourth-order valence-electron chi connectivity index (χ4n) is 2.89. The number of amides is 1. The molecule has 0 aliphatic carbocycles. The molecule has 2 aromatic rings. The minimum atomic E-state index is -3.79. The molecule has 1 saturated heterocycles. The van der Waals surface area contributed by atoms with Crippen molar-refractivity contribution in [3.05, 3.63) is 54.0 Å². The number of methoxy groups -OCH3 is 1. The van der Waals surface area contributed by atoms with Crippen molar-refractivity contribution in [1.29, 1.82) is 0 Å². The van der Waals surface area contributed by atoms with Gasteiger partial charge in [-0.25, -0.2) is 0 Å². The first-order valence-electron chi connectivity index (χ1n) is 8.10. The molecule has 1 amide bonds. The van der Waals surface area contributed by atoms with Gasteiger partial charge < -0.3 is 14.5 Å². The Hall–Kier alpha value is -2.36. The molecule has 9 heteroatoms. The summed E-state index contributed by atoms with van der Waals surface area (Å²) in [6.07, 6.45) is 1.81. The van der Waals surface area contributed by atoms with Crippen molar-refractivity contribution in [1.82, 2.24) is 14.3 Å².